The number of hydrogen-bond donors (Lipinski definition) is 1. The van der Waals surface area contributed by atoms with Crippen LogP contribution in [0.2, 0.25) is 5.02 Å². The van der Waals surface area contributed by atoms with E-state index in [1.54, 1.807) is 19.2 Å². The summed E-state index contributed by atoms with van der Waals surface area (Å²) in [5.74, 6) is 0.234. The summed E-state index contributed by atoms with van der Waals surface area (Å²) >= 11 is 5.92. The van der Waals surface area contributed by atoms with Crippen molar-refractivity contribution in [2.45, 2.75) is 6.04 Å². The molecule has 0 aliphatic carbocycles. The van der Waals surface area contributed by atoms with Crippen LogP contribution in [0.25, 0.3) is 11.0 Å². The first-order chi connectivity index (χ1) is 13.4. The van der Waals surface area contributed by atoms with E-state index in [0.717, 1.165) is 11.3 Å². The van der Waals surface area contributed by atoms with Gasteiger partial charge in [0, 0.05) is 23.2 Å². The second kappa shape index (κ2) is 8.46. The van der Waals surface area contributed by atoms with Crippen LogP contribution >= 0.6 is 11.6 Å². The average molecular weight is 401 g/mol. The van der Waals surface area contributed by atoms with Gasteiger partial charge in [0.2, 0.25) is 0 Å². The highest BCUT2D eigenvalue weighted by Gasteiger charge is 2.20. The van der Waals surface area contributed by atoms with Crippen molar-refractivity contribution in [3.05, 3.63) is 75.1 Å². The Labute approximate surface area is 167 Å². The smallest absolute Gasteiger partial charge is 0.287 e. The number of hydrogen-bond acceptors (Lipinski definition) is 5. The summed E-state index contributed by atoms with van der Waals surface area (Å²) < 4.78 is 11.0. The van der Waals surface area contributed by atoms with Crippen molar-refractivity contribution in [1.29, 1.82) is 0 Å². The number of likely N-dealkylation sites (N-methyl/N-ethyl adjacent to an activating group) is 1. The zero-order chi connectivity index (χ0) is 20.3. The van der Waals surface area contributed by atoms with Gasteiger partial charge < -0.3 is 19.4 Å². The molecule has 0 saturated carbocycles. The summed E-state index contributed by atoms with van der Waals surface area (Å²) in [4.78, 5) is 26.9. The molecular weight excluding hydrogens is 380 g/mol. The lowest BCUT2D eigenvalue weighted by Crippen LogP contribution is -2.35. The van der Waals surface area contributed by atoms with E-state index in [2.05, 4.69) is 5.32 Å². The molecule has 1 atom stereocenters. The Morgan fingerprint density at radius 1 is 1.21 bits per heavy atom. The molecule has 0 bridgehead atoms. The van der Waals surface area contributed by atoms with E-state index in [1.807, 2.05) is 43.3 Å². The number of nitrogens with zero attached hydrogens (tertiary/aromatic N) is 1. The molecule has 0 spiro atoms. The van der Waals surface area contributed by atoms with Crippen LogP contribution in [0.15, 0.2) is 57.7 Å². The Balaban J connectivity index is 1.83. The zero-order valence-corrected chi connectivity index (χ0v) is 16.6. The molecule has 6 nitrogen and oxygen atoms in total. The normalized spacial score (nSPS) is 12.2. The first-order valence-electron chi connectivity index (χ1n) is 8.71. The number of carbonyl (C=O) groups is 1. The van der Waals surface area contributed by atoms with Crippen LogP contribution in [-0.2, 0) is 0 Å². The van der Waals surface area contributed by atoms with Gasteiger partial charge in [-0.3, -0.25) is 9.59 Å². The lowest BCUT2D eigenvalue weighted by molar-refractivity contribution is 0.0914. The lowest BCUT2D eigenvalue weighted by Gasteiger charge is -2.26. The van der Waals surface area contributed by atoms with E-state index in [-0.39, 0.29) is 17.2 Å². The highest BCUT2D eigenvalue weighted by atomic mass is 35.5. The molecular formula is C21H21ClN2O4. The predicted octanol–water partition coefficient (Wildman–Crippen LogP) is 3.49. The molecule has 1 amide bonds. The lowest BCUT2D eigenvalue weighted by atomic mass is 10.0. The Bertz CT molecular complexity index is 1060. The molecule has 0 fully saturated rings. The minimum Gasteiger partial charge on any atom is -0.496 e. The largest absolute Gasteiger partial charge is 0.496 e. The number of ether oxygens (including phenoxy) is 1. The summed E-state index contributed by atoms with van der Waals surface area (Å²) in [5, 5.41) is 3.61. The number of fused-ring (bicyclic) bond motifs is 1. The quantitative estimate of drug-likeness (QED) is 0.685. The van der Waals surface area contributed by atoms with Crippen molar-refractivity contribution in [2.75, 3.05) is 27.7 Å². The minimum absolute atomic E-state index is 0.0441. The van der Waals surface area contributed by atoms with Gasteiger partial charge in [-0.1, -0.05) is 29.8 Å². The number of carbonyl (C=O) groups excluding carboxylic acids is 1. The molecule has 3 rings (SSSR count). The Kier molecular flexibility index (Phi) is 6.02. The standard InChI is InChI=1S/C21H21ClN2O4/c1-24(2)16(14-6-4-5-7-18(14)27-3)12-23-21(26)20-11-17(25)15-10-13(22)8-9-19(15)28-20/h4-11,16H,12H2,1-3H3,(H,23,26)/t16-/m1/s1. The number of para-hydroxylation sites is 1. The summed E-state index contributed by atoms with van der Waals surface area (Å²) in [6.45, 7) is 0.314. The summed E-state index contributed by atoms with van der Waals surface area (Å²) in [7, 11) is 5.45. The molecule has 28 heavy (non-hydrogen) atoms. The second-order valence-electron chi connectivity index (χ2n) is 6.55. The molecule has 1 aromatic heterocycles. The molecule has 0 unspecified atom stereocenters. The maximum atomic E-state index is 12.6. The summed E-state index contributed by atoms with van der Waals surface area (Å²) in [6.07, 6.45) is 0. The first-order valence-corrected chi connectivity index (χ1v) is 9.09. The van der Waals surface area contributed by atoms with E-state index < -0.39 is 5.91 Å². The monoisotopic (exact) mass is 400 g/mol. The van der Waals surface area contributed by atoms with Crippen molar-refractivity contribution in [3.63, 3.8) is 0 Å². The molecule has 0 saturated heterocycles. The maximum absolute atomic E-state index is 12.6. The van der Waals surface area contributed by atoms with Gasteiger partial charge in [0.15, 0.2) is 11.2 Å². The number of nitrogens with one attached hydrogen (secondary N) is 1. The molecule has 1 heterocycles. The third-order valence-electron chi connectivity index (χ3n) is 4.49. The van der Waals surface area contributed by atoms with E-state index in [9.17, 15) is 9.59 Å². The highest BCUT2D eigenvalue weighted by Crippen LogP contribution is 2.27. The van der Waals surface area contributed by atoms with Crippen LogP contribution in [0, 0.1) is 0 Å². The number of halogens is 1. The fourth-order valence-electron chi connectivity index (χ4n) is 3.03. The summed E-state index contributed by atoms with van der Waals surface area (Å²) in [6, 6.07) is 13.4. The summed E-state index contributed by atoms with van der Waals surface area (Å²) in [5.41, 5.74) is 0.948. The highest BCUT2D eigenvalue weighted by molar-refractivity contribution is 6.31. The van der Waals surface area contributed by atoms with E-state index in [4.69, 9.17) is 20.8 Å². The van der Waals surface area contributed by atoms with Crippen molar-refractivity contribution >= 4 is 28.5 Å². The maximum Gasteiger partial charge on any atom is 0.287 e. The van der Waals surface area contributed by atoms with E-state index >= 15 is 0 Å². The van der Waals surface area contributed by atoms with Gasteiger partial charge in [-0.25, -0.2) is 0 Å². The fourth-order valence-corrected chi connectivity index (χ4v) is 3.20. The van der Waals surface area contributed by atoms with Crippen LogP contribution < -0.4 is 15.5 Å². The molecule has 1 N–H and O–H groups in total. The van der Waals surface area contributed by atoms with Gasteiger partial charge in [-0.15, -0.1) is 0 Å². The molecule has 3 aromatic rings. The van der Waals surface area contributed by atoms with Gasteiger partial charge >= 0.3 is 0 Å². The first kappa shape index (κ1) is 19.9. The average Bonchev–Trinajstić information content (AvgIpc) is 2.68. The molecule has 2 aromatic carbocycles. The van der Waals surface area contributed by atoms with Crippen LogP contribution in [0.4, 0.5) is 0 Å². The molecule has 0 radical (unpaired) electrons. The van der Waals surface area contributed by atoms with Crippen molar-refractivity contribution in [2.24, 2.45) is 0 Å². The Morgan fingerprint density at radius 3 is 2.68 bits per heavy atom. The topological polar surface area (TPSA) is 71.8 Å². The predicted molar refractivity (Wildman–Crippen MR) is 109 cm³/mol. The number of rotatable bonds is 6. The second-order valence-corrected chi connectivity index (χ2v) is 6.98. The van der Waals surface area contributed by atoms with Crippen LogP contribution in [0.5, 0.6) is 5.75 Å². The number of benzene rings is 2. The third-order valence-corrected chi connectivity index (χ3v) is 4.73. The van der Waals surface area contributed by atoms with Crippen molar-refractivity contribution in [3.8, 4) is 5.75 Å². The van der Waals surface area contributed by atoms with Gasteiger partial charge in [-0.05, 0) is 38.4 Å². The van der Waals surface area contributed by atoms with Gasteiger partial charge in [-0.2, -0.15) is 0 Å². The molecule has 0 aliphatic rings. The van der Waals surface area contributed by atoms with Gasteiger partial charge in [0.1, 0.15) is 11.3 Å². The van der Waals surface area contributed by atoms with Crippen LogP contribution in [-0.4, -0.2) is 38.6 Å². The molecule has 0 aliphatic heterocycles. The Hall–Kier alpha value is -2.83. The van der Waals surface area contributed by atoms with Crippen LogP contribution in [0.1, 0.15) is 22.2 Å². The van der Waals surface area contributed by atoms with Crippen molar-refractivity contribution in [1.82, 2.24) is 10.2 Å². The number of methoxy groups -OCH3 is 1. The van der Waals surface area contributed by atoms with E-state index in [0.29, 0.717) is 22.5 Å². The zero-order valence-electron chi connectivity index (χ0n) is 15.9. The fraction of sp³-hybridized carbons (Fsp3) is 0.238. The van der Waals surface area contributed by atoms with E-state index in [1.165, 1.54) is 12.1 Å². The van der Waals surface area contributed by atoms with Crippen LogP contribution in [0.3, 0.4) is 0 Å². The van der Waals surface area contributed by atoms with Crippen molar-refractivity contribution < 1.29 is 13.9 Å². The minimum atomic E-state index is -0.462. The third kappa shape index (κ3) is 4.18. The SMILES string of the molecule is COc1ccccc1[C@@H](CNC(=O)c1cc(=O)c2cc(Cl)ccc2o1)N(C)C. The molecule has 146 valence electrons. The van der Waals surface area contributed by atoms with Gasteiger partial charge in [0.25, 0.3) is 5.91 Å². The molecule has 7 heteroatoms. The Morgan fingerprint density at radius 2 is 1.96 bits per heavy atom. The number of amides is 1. The van der Waals surface area contributed by atoms with Gasteiger partial charge in [0.05, 0.1) is 18.5 Å².